The zero-order chi connectivity index (χ0) is 26.3. The molecule has 1 amide bonds. The number of nitrogens with one attached hydrogen (secondary N) is 2. The molecular weight excluding hydrogens is 546 g/mol. The number of carbonyl (C=O) groups excluding carboxylic acids is 1. The number of hydrogen-bond acceptors (Lipinski definition) is 6. The Morgan fingerprint density at radius 3 is 2.66 bits per heavy atom. The summed E-state index contributed by atoms with van der Waals surface area (Å²) in [7, 11) is 1.64. The fourth-order valence-electron chi connectivity index (χ4n) is 5.17. The normalized spacial score (nSPS) is 17.3. The van der Waals surface area contributed by atoms with Gasteiger partial charge in [0.2, 0.25) is 5.91 Å². The van der Waals surface area contributed by atoms with Crippen LogP contribution < -0.4 is 20.1 Å². The largest absolute Gasteiger partial charge is 0.497 e. The number of rotatable bonds is 9. The van der Waals surface area contributed by atoms with Crippen molar-refractivity contribution in [3.8, 4) is 22.8 Å². The molecule has 2 saturated heterocycles. The van der Waals surface area contributed by atoms with Crippen molar-refractivity contribution >= 4 is 21.8 Å². The summed E-state index contributed by atoms with van der Waals surface area (Å²) in [5.74, 6) is 3.10. The Morgan fingerprint density at radius 2 is 1.89 bits per heavy atom. The van der Waals surface area contributed by atoms with Crippen molar-refractivity contribution in [2.24, 2.45) is 0 Å². The van der Waals surface area contributed by atoms with E-state index in [0.717, 1.165) is 85.7 Å². The molecule has 0 radical (unpaired) electrons. The first kappa shape index (κ1) is 26.8. The summed E-state index contributed by atoms with van der Waals surface area (Å²) in [6.45, 7) is 4.84. The Labute approximate surface area is 233 Å². The summed E-state index contributed by atoms with van der Waals surface area (Å²) < 4.78 is 18.4. The minimum Gasteiger partial charge on any atom is -0.497 e. The van der Waals surface area contributed by atoms with E-state index in [1.807, 2.05) is 36.4 Å². The van der Waals surface area contributed by atoms with E-state index < -0.39 is 0 Å². The first-order valence-corrected chi connectivity index (χ1v) is 14.3. The highest BCUT2D eigenvalue weighted by atomic mass is 79.9. The molecule has 2 aliphatic heterocycles. The average molecular weight is 583 g/mol. The lowest BCUT2D eigenvalue weighted by Crippen LogP contribution is -2.44. The van der Waals surface area contributed by atoms with Gasteiger partial charge in [0.1, 0.15) is 29.1 Å². The van der Waals surface area contributed by atoms with Gasteiger partial charge in [-0.2, -0.15) is 0 Å². The Bertz CT molecular complexity index is 1220. The number of furan rings is 1. The first-order chi connectivity index (χ1) is 18.6. The number of halogens is 1. The summed E-state index contributed by atoms with van der Waals surface area (Å²) in [6.07, 6.45) is 4.50. The lowest BCUT2D eigenvalue weighted by atomic mass is 10.0. The van der Waals surface area contributed by atoms with Gasteiger partial charge in [-0.25, -0.2) is 0 Å². The maximum absolute atomic E-state index is 12.7. The van der Waals surface area contributed by atoms with Crippen molar-refractivity contribution in [3.63, 3.8) is 0 Å². The van der Waals surface area contributed by atoms with E-state index >= 15 is 0 Å². The van der Waals surface area contributed by atoms with Crippen LogP contribution in [-0.4, -0.2) is 56.2 Å². The van der Waals surface area contributed by atoms with Crippen LogP contribution in [0.25, 0.3) is 11.3 Å². The van der Waals surface area contributed by atoms with Crippen molar-refractivity contribution < 1.29 is 18.7 Å². The molecule has 202 valence electrons. The summed E-state index contributed by atoms with van der Waals surface area (Å²) >= 11 is 3.70. The Morgan fingerprint density at radius 1 is 1.08 bits per heavy atom. The zero-order valence-electron chi connectivity index (χ0n) is 21.9. The second kappa shape index (κ2) is 12.8. The van der Waals surface area contributed by atoms with E-state index in [4.69, 9.17) is 13.9 Å². The van der Waals surface area contributed by atoms with Crippen molar-refractivity contribution in [2.75, 3.05) is 33.3 Å². The van der Waals surface area contributed by atoms with Gasteiger partial charge in [-0.05, 0) is 96.7 Å². The van der Waals surface area contributed by atoms with Gasteiger partial charge in [-0.3, -0.25) is 9.69 Å². The third kappa shape index (κ3) is 7.18. The molecule has 0 saturated carbocycles. The van der Waals surface area contributed by atoms with E-state index in [0.29, 0.717) is 5.76 Å². The molecule has 1 aromatic heterocycles. The molecule has 5 rings (SSSR count). The minimum atomic E-state index is 0.00302. The maximum Gasteiger partial charge on any atom is 0.227 e. The number of methoxy groups -OCH3 is 1. The number of nitrogens with zero attached hydrogens (tertiary/aromatic N) is 1. The van der Waals surface area contributed by atoms with Gasteiger partial charge >= 0.3 is 0 Å². The molecular formula is C30H36BrN3O4. The van der Waals surface area contributed by atoms with Crippen LogP contribution in [-0.2, 0) is 17.8 Å². The molecule has 8 heteroatoms. The highest BCUT2D eigenvalue weighted by molar-refractivity contribution is 9.10. The second-order valence-electron chi connectivity index (χ2n) is 10.1. The number of likely N-dealkylation sites (tertiary alicyclic amines) is 1. The highest BCUT2D eigenvalue weighted by Crippen LogP contribution is 2.29. The zero-order valence-corrected chi connectivity index (χ0v) is 23.5. The molecule has 3 aromatic rings. The van der Waals surface area contributed by atoms with Gasteiger partial charge in [0, 0.05) is 31.2 Å². The van der Waals surface area contributed by atoms with Crippen molar-refractivity contribution in [1.82, 2.24) is 15.5 Å². The van der Waals surface area contributed by atoms with Crippen LogP contribution in [0.15, 0.2) is 63.5 Å². The van der Waals surface area contributed by atoms with Crippen LogP contribution in [0, 0.1) is 0 Å². The van der Waals surface area contributed by atoms with Gasteiger partial charge in [-0.1, -0.05) is 18.2 Å². The van der Waals surface area contributed by atoms with E-state index in [9.17, 15) is 4.79 Å². The number of benzene rings is 2. The second-order valence-corrected chi connectivity index (χ2v) is 11.0. The first-order valence-electron chi connectivity index (χ1n) is 13.5. The lowest BCUT2D eigenvalue weighted by Gasteiger charge is -2.32. The van der Waals surface area contributed by atoms with Crippen LogP contribution in [0.5, 0.6) is 11.5 Å². The Hall–Kier alpha value is -2.81. The van der Waals surface area contributed by atoms with Gasteiger partial charge in [0.05, 0.1) is 18.0 Å². The molecule has 0 bridgehead atoms. The molecule has 2 fully saturated rings. The van der Waals surface area contributed by atoms with Crippen molar-refractivity contribution in [2.45, 2.75) is 50.8 Å². The van der Waals surface area contributed by atoms with E-state index in [1.54, 1.807) is 7.11 Å². The summed E-state index contributed by atoms with van der Waals surface area (Å²) in [5, 5.41) is 6.58. The van der Waals surface area contributed by atoms with Gasteiger partial charge in [-0.15, -0.1) is 0 Å². The van der Waals surface area contributed by atoms with Gasteiger partial charge < -0.3 is 24.5 Å². The van der Waals surface area contributed by atoms with E-state index in [1.165, 1.54) is 5.56 Å². The molecule has 38 heavy (non-hydrogen) atoms. The van der Waals surface area contributed by atoms with Crippen LogP contribution in [0.1, 0.15) is 37.0 Å². The summed E-state index contributed by atoms with van der Waals surface area (Å²) in [6, 6.07) is 18.1. The summed E-state index contributed by atoms with van der Waals surface area (Å²) in [5.41, 5.74) is 2.20. The standard InChI is InChI=1S/C30H36BrN3O4/c1-36-25-4-2-3-22(18-25)28-8-6-26(38-28)19-30(35)33-23-11-15-34(16-12-23)20-21-5-7-29(27(31)17-21)37-24-9-13-32-14-10-24/h2-8,17-18,23-24,32H,9-16,19-20H2,1H3,(H,33,35). The minimum absolute atomic E-state index is 0.00302. The number of ether oxygens (including phenoxy) is 2. The molecule has 0 aliphatic carbocycles. The predicted octanol–water partition coefficient (Wildman–Crippen LogP) is 5.17. The molecule has 3 heterocycles. The third-order valence-corrected chi connectivity index (χ3v) is 7.91. The maximum atomic E-state index is 12.7. The molecule has 2 N–H and O–H groups in total. The monoisotopic (exact) mass is 581 g/mol. The van der Waals surface area contributed by atoms with Crippen molar-refractivity contribution in [1.29, 1.82) is 0 Å². The van der Waals surface area contributed by atoms with Crippen LogP contribution in [0.3, 0.4) is 0 Å². The topological polar surface area (TPSA) is 76.0 Å². The fraction of sp³-hybridized carbons (Fsp3) is 0.433. The van der Waals surface area contributed by atoms with Crippen LogP contribution in [0.2, 0.25) is 0 Å². The Balaban J connectivity index is 1.06. The SMILES string of the molecule is COc1cccc(-c2ccc(CC(=O)NC3CCN(Cc4ccc(OC5CCNCC5)c(Br)c4)CC3)o2)c1. The lowest BCUT2D eigenvalue weighted by molar-refractivity contribution is -0.121. The predicted molar refractivity (Wildman–Crippen MR) is 152 cm³/mol. The number of piperidine rings is 2. The van der Waals surface area contributed by atoms with E-state index in [-0.39, 0.29) is 24.5 Å². The number of carbonyl (C=O) groups is 1. The number of amides is 1. The average Bonchev–Trinajstić information content (AvgIpc) is 3.40. The molecule has 0 unspecified atom stereocenters. The smallest absolute Gasteiger partial charge is 0.227 e. The molecule has 2 aliphatic rings. The Kier molecular flexibility index (Phi) is 9.04. The fourth-order valence-corrected chi connectivity index (χ4v) is 5.69. The van der Waals surface area contributed by atoms with Gasteiger partial charge in [0.25, 0.3) is 0 Å². The highest BCUT2D eigenvalue weighted by Gasteiger charge is 2.22. The van der Waals surface area contributed by atoms with Crippen molar-refractivity contribution in [3.05, 3.63) is 70.4 Å². The van der Waals surface area contributed by atoms with E-state index in [2.05, 4.69) is 49.7 Å². The molecule has 7 nitrogen and oxygen atoms in total. The molecule has 0 spiro atoms. The molecule has 0 atom stereocenters. The number of hydrogen-bond donors (Lipinski definition) is 2. The third-order valence-electron chi connectivity index (χ3n) is 7.29. The summed E-state index contributed by atoms with van der Waals surface area (Å²) in [4.78, 5) is 15.1. The van der Waals surface area contributed by atoms with Crippen LogP contribution >= 0.6 is 15.9 Å². The quantitative estimate of drug-likeness (QED) is 0.363. The molecule has 2 aromatic carbocycles. The van der Waals surface area contributed by atoms with Crippen LogP contribution in [0.4, 0.5) is 0 Å². The van der Waals surface area contributed by atoms with Gasteiger partial charge in [0.15, 0.2) is 0 Å².